The number of aliphatic hydroxyl groups is 4. The number of aliphatic hydroxyl groups excluding tert-OH is 4. The molecule has 0 rings (SSSR count). The second-order valence-corrected chi connectivity index (χ2v) is 5.20. The highest BCUT2D eigenvalue weighted by molar-refractivity contribution is 4.73. The van der Waals surface area contributed by atoms with Crippen LogP contribution in [-0.4, -0.2) is 46.9 Å². The minimum atomic E-state index is -0.222. The summed E-state index contributed by atoms with van der Waals surface area (Å²) in [6.07, 6.45) is 5.64. The molecule has 0 aromatic carbocycles. The molecule has 4 heteroatoms. The van der Waals surface area contributed by atoms with Gasteiger partial charge in [-0.2, -0.15) is 0 Å². The molecule has 0 amide bonds. The van der Waals surface area contributed by atoms with Gasteiger partial charge in [-0.3, -0.25) is 0 Å². The zero-order chi connectivity index (χ0) is 15.1. The molecule has 0 radical (unpaired) electrons. The van der Waals surface area contributed by atoms with Crippen molar-refractivity contribution in [3.8, 4) is 0 Å². The lowest BCUT2D eigenvalue weighted by Crippen LogP contribution is -2.27. The fourth-order valence-corrected chi connectivity index (χ4v) is 1.95. The Hall–Kier alpha value is -0.160. The molecule has 0 aliphatic rings. The molecule has 0 aliphatic carbocycles. The molecule has 0 atom stereocenters. The van der Waals surface area contributed by atoms with Crippen LogP contribution in [0, 0.1) is 11.3 Å². The normalized spacial score (nSPS) is 11.4. The van der Waals surface area contributed by atoms with Gasteiger partial charge in [-0.05, 0) is 31.6 Å². The summed E-state index contributed by atoms with van der Waals surface area (Å²) in [5.74, 6) is 0.528. The second-order valence-electron chi connectivity index (χ2n) is 5.20. The summed E-state index contributed by atoms with van der Waals surface area (Å²) in [5, 5.41) is 34.8. The van der Waals surface area contributed by atoms with Gasteiger partial charge in [0.1, 0.15) is 0 Å². The van der Waals surface area contributed by atoms with E-state index in [1.165, 1.54) is 0 Å². The highest BCUT2D eigenvalue weighted by Crippen LogP contribution is 2.23. The van der Waals surface area contributed by atoms with Gasteiger partial charge >= 0.3 is 0 Å². The monoisotopic (exact) mass is 278 g/mol. The SMILES string of the molecule is CCC(CC)(CO)CO.CCCC(CCO)CCO. The molecule has 118 valence electrons. The first kappa shape index (κ1) is 21.1. The predicted octanol–water partition coefficient (Wildman–Crippen LogP) is 1.94. The van der Waals surface area contributed by atoms with Gasteiger partial charge < -0.3 is 20.4 Å². The van der Waals surface area contributed by atoms with Gasteiger partial charge in [0.25, 0.3) is 0 Å². The van der Waals surface area contributed by atoms with Crippen LogP contribution in [0.5, 0.6) is 0 Å². The third-order valence-corrected chi connectivity index (χ3v) is 3.94. The summed E-state index contributed by atoms with van der Waals surface area (Å²) >= 11 is 0. The summed E-state index contributed by atoms with van der Waals surface area (Å²) in [4.78, 5) is 0. The van der Waals surface area contributed by atoms with Crippen LogP contribution in [0.2, 0.25) is 0 Å². The molecule has 0 saturated heterocycles. The van der Waals surface area contributed by atoms with Crippen molar-refractivity contribution in [3.63, 3.8) is 0 Å². The first-order chi connectivity index (χ1) is 9.09. The van der Waals surface area contributed by atoms with E-state index in [1.807, 2.05) is 13.8 Å². The van der Waals surface area contributed by atoms with Crippen molar-refractivity contribution >= 4 is 0 Å². The molecule has 0 spiro atoms. The van der Waals surface area contributed by atoms with Crippen LogP contribution in [0.4, 0.5) is 0 Å². The second kappa shape index (κ2) is 14.3. The van der Waals surface area contributed by atoms with Gasteiger partial charge in [0.15, 0.2) is 0 Å². The van der Waals surface area contributed by atoms with Crippen LogP contribution >= 0.6 is 0 Å². The van der Waals surface area contributed by atoms with Crippen molar-refractivity contribution in [1.29, 1.82) is 0 Å². The van der Waals surface area contributed by atoms with Gasteiger partial charge in [-0.25, -0.2) is 0 Å². The van der Waals surface area contributed by atoms with E-state index < -0.39 is 0 Å². The molecular formula is C15H34O4. The van der Waals surface area contributed by atoms with Gasteiger partial charge in [-0.15, -0.1) is 0 Å². The third-order valence-electron chi connectivity index (χ3n) is 3.94. The van der Waals surface area contributed by atoms with E-state index in [1.54, 1.807) is 0 Å². The molecule has 0 aromatic rings. The molecule has 0 saturated carbocycles. The Morgan fingerprint density at radius 2 is 1.16 bits per heavy atom. The fourth-order valence-electron chi connectivity index (χ4n) is 1.95. The van der Waals surface area contributed by atoms with Crippen LogP contribution in [0.3, 0.4) is 0 Å². The maximum atomic E-state index is 8.82. The maximum absolute atomic E-state index is 8.82. The van der Waals surface area contributed by atoms with Crippen molar-refractivity contribution in [3.05, 3.63) is 0 Å². The first-order valence-electron chi connectivity index (χ1n) is 7.53. The molecule has 0 bridgehead atoms. The minimum Gasteiger partial charge on any atom is -0.396 e. The van der Waals surface area contributed by atoms with Crippen LogP contribution in [0.25, 0.3) is 0 Å². The lowest BCUT2D eigenvalue weighted by atomic mass is 9.84. The van der Waals surface area contributed by atoms with E-state index in [0.717, 1.165) is 38.5 Å². The fraction of sp³-hybridized carbons (Fsp3) is 1.00. The molecule has 19 heavy (non-hydrogen) atoms. The Bertz CT molecular complexity index is 138. The Morgan fingerprint density at radius 3 is 1.32 bits per heavy atom. The Morgan fingerprint density at radius 1 is 0.737 bits per heavy atom. The van der Waals surface area contributed by atoms with Crippen molar-refractivity contribution < 1.29 is 20.4 Å². The van der Waals surface area contributed by atoms with Crippen molar-refractivity contribution in [2.75, 3.05) is 26.4 Å². The molecular weight excluding hydrogens is 244 g/mol. The first-order valence-corrected chi connectivity index (χ1v) is 7.53. The summed E-state index contributed by atoms with van der Waals surface area (Å²) in [5.41, 5.74) is -0.222. The van der Waals surface area contributed by atoms with Crippen LogP contribution < -0.4 is 0 Å². The molecule has 4 nitrogen and oxygen atoms in total. The zero-order valence-electron chi connectivity index (χ0n) is 12.9. The van der Waals surface area contributed by atoms with Gasteiger partial charge in [-0.1, -0.05) is 33.6 Å². The van der Waals surface area contributed by atoms with Crippen molar-refractivity contribution in [1.82, 2.24) is 0 Å². The third kappa shape index (κ3) is 10.3. The number of rotatable bonds is 10. The molecule has 0 unspecified atom stereocenters. The van der Waals surface area contributed by atoms with E-state index in [0.29, 0.717) is 5.92 Å². The molecule has 0 fully saturated rings. The maximum Gasteiger partial charge on any atom is 0.0509 e. The van der Waals surface area contributed by atoms with Crippen LogP contribution in [0.1, 0.15) is 59.3 Å². The number of hydrogen-bond donors (Lipinski definition) is 4. The van der Waals surface area contributed by atoms with E-state index in [2.05, 4.69) is 6.92 Å². The lowest BCUT2D eigenvalue weighted by Gasteiger charge is -2.25. The zero-order valence-corrected chi connectivity index (χ0v) is 12.9. The average Bonchev–Trinajstić information content (AvgIpc) is 2.44. The van der Waals surface area contributed by atoms with Gasteiger partial charge in [0.05, 0.1) is 13.2 Å². The Kier molecular flexibility index (Phi) is 15.9. The Balaban J connectivity index is 0. The van der Waals surface area contributed by atoms with Crippen molar-refractivity contribution in [2.45, 2.75) is 59.3 Å². The summed E-state index contributed by atoms with van der Waals surface area (Å²) in [7, 11) is 0. The summed E-state index contributed by atoms with van der Waals surface area (Å²) < 4.78 is 0. The van der Waals surface area contributed by atoms with E-state index in [-0.39, 0.29) is 31.8 Å². The largest absolute Gasteiger partial charge is 0.396 e. The van der Waals surface area contributed by atoms with E-state index in [9.17, 15) is 0 Å². The van der Waals surface area contributed by atoms with E-state index in [4.69, 9.17) is 20.4 Å². The highest BCUT2D eigenvalue weighted by atomic mass is 16.3. The molecule has 0 aromatic heterocycles. The summed E-state index contributed by atoms with van der Waals surface area (Å²) in [6.45, 7) is 6.79. The van der Waals surface area contributed by atoms with Gasteiger partial charge in [0, 0.05) is 18.6 Å². The standard InChI is InChI=1S/C8H18O2.C7H16O2/c1-2-3-8(4-6-9)5-7-10;1-3-7(4-2,5-8)6-9/h8-10H,2-7H2,1H3;8-9H,3-6H2,1-2H3. The molecule has 0 heterocycles. The topological polar surface area (TPSA) is 80.9 Å². The predicted molar refractivity (Wildman–Crippen MR) is 79.0 cm³/mol. The van der Waals surface area contributed by atoms with E-state index >= 15 is 0 Å². The van der Waals surface area contributed by atoms with Crippen LogP contribution in [-0.2, 0) is 0 Å². The lowest BCUT2D eigenvalue weighted by molar-refractivity contribution is 0.0480. The highest BCUT2D eigenvalue weighted by Gasteiger charge is 2.23. The summed E-state index contributed by atoms with van der Waals surface area (Å²) in [6, 6.07) is 0. The average molecular weight is 278 g/mol. The smallest absolute Gasteiger partial charge is 0.0509 e. The quantitative estimate of drug-likeness (QED) is 0.492. The minimum absolute atomic E-state index is 0.0938. The van der Waals surface area contributed by atoms with Crippen molar-refractivity contribution in [2.24, 2.45) is 11.3 Å². The number of hydrogen-bond acceptors (Lipinski definition) is 4. The van der Waals surface area contributed by atoms with Gasteiger partial charge in [0.2, 0.25) is 0 Å². The molecule has 0 aliphatic heterocycles. The van der Waals surface area contributed by atoms with Crippen LogP contribution in [0.15, 0.2) is 0 Å². The Labute approximate surface area is 118 Å². The molecule has 4 N–H and O–H groups in total.